The summed E-state index contributed by atoms with van der Waals surface area (Å²) in [5.74, 6) is -0.722. The molecule has 1 heterocycles. The Balaban J connectivity index is 2.13. The van der Waals surface area contributed by atoms with Crippen LogP contribution in [0.15, 0.2) is 24.3 Å². The molecule has 1 saturated heterocycles. The molecule has 18 heavy (non-hydrogen) atoms. The zero-order valence-corrected chi connectivity index (χ0v) is 10.9. The fourth-order valence-corrected chi connectivity index (χ4v) is 3.13. The van der Waals surface area contributed by atoms with Gasteiger partial charge in [-0.25, -0.2) is 0 Å². The Bertz CT molecular complexity index is 458. The molecule has 4 nitrogen and oxygen atoms in total. The van der Waals surface area contributed by atoms with Gasteiger partial charge in [0.2, 0.25) is 5.91 Å². The van der Waals surface area contributed by atoms with Gasteiger partial charge in [0.05, 0.1) is 5.75 Å². The summed E-state index contributed by atoms with van der Waals surface area (Å²) in [4.78, 5) is 23.8. The summed E-state index contributed by atoms with van der Waals surface area (Å²) in [5.41, 5.74) is 2.20. The summed E-state index contributed by atoms with van der Waals surface area (Å²) in [7, 11) is 0. The molecule has 0 spiro atoms. The number of thioether (sulfide) groups is 1. The third-order valence-electron chi connectivity index (χ3n) is 2.89. The molecule has 1 fully saturated rings. The van der Waals surface area contributed by atoms with Crippen molar-refractivity contribution in [2.45, 2.75) is 18.7 Å². The van der Waals surface area contributed by atoms with Crippen LogP contribution in [0.4, 0.5) is 0 Å². The Morgan fingerprint density at radius 2 is 2.11 bits per heavy atom. The molecule has 0 aromatic heterocycles. The second-order valence-electron chi connectivity index (χ2n) is 4.28. The first kappa shape index (κ1) is 13.0. The highest BCUT2D eigenvalue weighted by atomic mass is 32.2. The van der Waals surface area contributed by atoms with E-state index < -0.39 is 5.97 Å². The lowest BCUT2D eigenvalue weighted by atomic mass is 10.1. The lowest BCUT2D eigenvalue weighted by Crippen LogP contribution is -2.33. The average molecular weight is 264 g/mol. The number of aliphatic carboxylic acids is 1. The highest BCUT2D eigenvalue weighted by Crippen LogP contribution is 2.38. The monoisotopic (exact) mass is 264 g/mol. The minimum atomic E-state index is -1.12. The van der Waals surface area contributed by atoms with Crippen molar-refractivity contribution in [3.05, 3.63) is 35.4 Å². The van der Waals surface area contributed by atoms with Gasteiger partial charge < -0.3 is 14.8 Å². The van der Waals surface area contributed by atoms with Crippen molar-refractivity contribution in [3.63, 3.8) is 0 Å². The molecule has 0 unspecified atom stereocenters. The van der Waals surface area contributed by atoms with Gasteiger partial charge in [-0.05, 0) is 12.5 Å². The number of rotatable bonds is 4. The van der Waals surface area contributed by atoms with Gasteiger partial charge in [-0.3, -0.25) is 4.79 Å². The standard InChI is InChI=1S/C13H15NO3S/c1-9-2-4-10(5-3-9)13-14(7-6-12(16)17)11(15)8-18-13/h2-5,13H,6-8H2,1H3,(H,16,17)/p-1/t13-/m0/s1. The third-order valence-corrected chi connectivity index (χ3v) is 4.14. The number of carbonyl (C=O) groups excluding carboxylic acids is 2. The SMILES string of the molecule is Cc1ccc([C@@H]2SCC(=O)N2CCC(=O)[O-])cc1. The van der Waals surface area contributed by atoms with Crippen LogP contribution in [0.25, 0.3) is 0 Å². The van der Waals surface area contributed by atoms with E-state index in [-0.39, 0.29) is 24.2 Å². The average Bonchev–Trinajstić information content (AvgIpc) is 2.69. The highest BCUT2D eigenvalue weighted by molar-refractivity contribution is 8.00. The molecular formula is C13H14NO3S-. The maximum absolute atomic E-state index is 11.7. The molecule has 0 radical (unpaired) electrons. The molecule has 0 saturated carbocycles. The predicted molar refractivity (Wildman–Crippen MR) is 67.7 cm³/mol. The molecule has 1 aliphatic heterocycles. The van der Waals surface area contributed by atoms with Gasteiger partial charge in [-0.2, -0.15) is 0 Å². The highest BCUT2D eigenvalue weighted by Gasteiger charge is 2.32. The van der Waals surface area contributed by atoms with Gasteiger partial charge in [-0.15, -0.1) is 11.8 Å². The van der Waals surface area contributed by atoms with Crippen LogP contribution in [-0.2, 0) is 9.59 Å². The van der Waals surface area contributed by atoms with Gasteiger partial charge in [0.1, 0.15) is 5.37 Å². The fraction of sp³-hybridized carbons (Fsp3) is 0.385. The maximum Gasteiger partial charge on any atom is 0.233 e. The second-order valence-corrected chi connectivity index (χ2v) is 5.35. The summed E-state index contributed by atoms with van der Waals surface area (Å²) in [6.45, 7) is 2.22. The molecule has 2 rings (SSSR count). The van der Waals surface area contributed by atoms with E-state index in [1.54, 1.807) is 4.90 Å². The first-order valence-electron chi connectivity index (χ1n) is 5.75. The maximum atomic E-state index is 11.7. The number of carbonyl (C=O) groups is 2. The van der Waals surface area contributed by atoms with Crippen molar-refractivity contribution >= 4 is 23.6 Å². The van der Waals surface area contributed by atoms with E-state index >= 15 is 0 Å². The van der Waals surface area contributed by atoms with Gasteiger partial charge in [0.15, 0.2) is 0 Å². The fourth-order valence-electron chi connectivity index (χ4n) is 1.91. The van der Waals surface area contributed by atoms with Crippen LogP contribution in [0.2, 0.25) is 0 Å². The van der Waals surface area contributed by atoms with Gasteiger partial charge in [0.25, 0.3) is 0 Å². The van der Waals surface area contributed by atoms with Crippen LogP contribution in [-0.4, -0.2) is 29.1 Å². The lowest BCUT2D eigenvalue weighted by molar-refractivity contribution is -0.305. The van der Waals surface area contributed by atoms with Crippen molar-refractivity contribution in [1.29, 1.82) is 0 Å². The number of benzene rings is 1. The number of carboxylic acids is 1. The zero-order chi connectivity index (χ0) is 13.1. The number of hydrogen-bond acceptors (Lipinski definition) is 4. The molecule has 1 aliphatic rings. The van der Waals surface area contributed by atoms with Gasteiger partial charge >= 0.3 is 0 Å². The topological polar surface area (TPSA) is 60.4 Å². The second kappa shape index (κ2) is 5.44. The molecule has 1 aromatic rings. The molecule has 0 aliphatic carbocycles. The Morgan fingerprint density at radius 1 is 1.44 bits per heavy atom. The molecule has 5 heteroatoms. The van der Waals surface area contributed by atoms with E-state index in [2.05, 4.69) is 0 Å². The summed E-state index contributed by atoms with van der Waals surface area (Å²) in [6.07, 6.45) is -0.116. The van der Waals surface area contributed by atoms with E-state index in [0.29, 0.717) is 5.75 Å². The van der Waals surface area contributed by atoms with Crippen LogP contribution in [0, 0.1) is 6.92 Å². The van der Waals surface area contributed by atoms with Crippen LogP contribution in [0.1, 0.15) is 22.9 Å². The summed E-state index contributed by atoms with van der Waals surface area (Å²) in [6, 6.07) is 7.96. The summed E-state index contributed by atoms with van der Waals surface area (Å²) < 4.78 is 0. The van der Waals surface area contributed by atoms with Crippen molar-refractivity contribution < 1.29 is 14.7 Å². The van der Waals surface area contributed by atoms with Crippen molar-refractivity contribution in [2.24, 2.45) is 0 Å². The predicted octanol–water partition coefficient (Wildman–Crippen LogP) is 0.709. The number of amides is 1. The molecule has 1 aromatic carbocycles. The molecule has 0 N–H and O–H groups in total. The quantitative estimate of drug-likeness (QED) is 0.803. The van der Waals surface area contributed by atoms with E-state index in [1.165, 1.54) is 11.8 Å². The molecule has 96 valence electrons. The van der Waals surface area contributed by atoms with Crippen molar-refractivity contribution in [1.82, 2.24) is 4.90 Å². The minimum absolute atomic E-state index is 0.00757. The molecular weight excluding hydrogens is 250 g/mol. The number of aryl methyl sites for hydroxylation is 1. The van der Waals surface area contributed by atoms with E-state index in [1.807, 2.05) is 31.2 Å². The third kappa shape index (κ3) is 2.85. The first-order valence-corrected chi connectivity index (χ1v) is 6.80. The van der Waals surface area contributed by atoms with Crippen LogP contribution >= 0.6 is 11.8 Å². The summed E-state index contributed by atoms with van der Waals surface area (Å²) >= 11 is 1.53. The largest absolute Gasteiger partial charge is 0.550 e. The normalized spacial score (nSPS) is 19.3. The number of carboxylic acid groups (broad SMARTS) is 1. The molecule has 1 atom stereocenters. The summed E-state index contributed by atoms with van der Waals surface area (Å²) in [5, 5.41) is 10.4. The smallest absolute Gasteiger partial charge is 0.233 e. The minimum Gasteiger partial charge on any atom is -0.550 e. The first-order chi connectivity index (χ1) is 8.58. The van der Waals surface area contributed by atoms with Crippen molar-refractivity contribution in [3.8, 4) is 0 Å². The van der Waals surface area contributed by atoms with Gasteiger partial charge in [-0.1, -0.05) is 29.8 Å². The van der Waals surface area contributed by atoms with Crippen LogP contribution in [0.3, 0.4) is 0 Å². The van der Waals surface area contributed by atoms with Crippen molar-refractivity contribution in [2.75, 3.05) is 12.3 Å². The Morgan fingerprint density at radius 3 is 2.72 bits per heavy atom. The van der Waals surface area contributed by atoms with Crippen LogP contribution < -0.4 is 5.11 Å². The van der Waals surface area contributed by atoms with E-state index in [9.17, 15) is 14.7 Å². The molecule has 0 bridgehead atoms. The Hall–Kier alpha value is -1.49. The number of nitrogens with zero attached hydrogens (tertiary/aromatic N) is 1. The lowest BCUT2D eigenvalue weighted by Gasteiger charge is -2.24. The van der Waals surface area contributed by atoms with E-state index in [0.717, 1.165) is 11.1 Å². The molecule has 1 amide bonds. The van der Waals surface area contributed by atoms with Gasteiger partial charge in [0, 0.05) is 18.9 Å². The van der Waals surface area contributed by atoms with Crippen LogP contribution in [0.5, 0.6) is 0 Å². The van der Waals surface area contributed by atoms with E-state index in [4.69, 9.17) is 0 Å². The Kier molecular flexibility index (Phi) is 3.91. The number of hydrogen-bond donors (Lipinski definition) is 0. The Labute approximate surface area is 110 Å². The zero-order valence-electron chi connectivity index (χ0n) is 10.1.